The van der Waals surface area contributed by atoms with E-state index in [4.69, 9.17) is 15.2 Å². The quantitative estimate of drug-likeness (QED) is 0.542. The molecule has 0 bridgehead atoms. The number of nitrogens with one attached hydrogen (secondary N) is 1. The van der Waals surface area contributed by atoms with Crippen LogP contribution < -0.4 is 11.1 Å². The van der Waals surface area contributed by atoms with Crippen molar-refractivity contribution in [3.8, 4) is 17.2 Å². The Morgan fingerprint density at radius 2 is 1.94 bits per heavy atom. The van der Waals surface area contributed by atoms with Crippen LogP contribution >= 0.6 is 0 Å². The number of hydrogen-bond donors (Lipinski definition) is 2. The number of benzene rings is 1. The van der Waals surface area contributed by atoms with E-state index in [2.05, 4.69) is 21.4 Å². The molecule has 3 heterocycles. The van der Waals surface area contributed by atoms with Crippen molar-refractivity contribution >= 4 is 17.1 Å². The third kappa shape index (κ3) is 4.38. The van der Waals surface area contributed by atoms with Gasteiger partial charge >= 0.3 is 6.16 Å². The largest absolute Gasteiger partial charge is 0.513 e. The Balaban J connectivity index is 1.88. The Kier molecular flexibility index (Phi) is 6.15. The lowest BCUT2D eigenvalue weighted by molar-refractivity contribution is 0.0499. The lowest BCUT2D eigenvalue weighted by atomic mass is 9.85. The van der Waals surface area contributed by atoms with E-state index >= 15 is 0 Å². The minimum Gasteiger partial charge on any atom is -0.431 e. The van der Waals surface area contributed by atoms with Crippen LogP contribution in [0.1, 0.15) is 32.3 Å². The summed E-state index contributed by atoms with van der Waals surface area (Å²) in [4.78, 5) is 21.1. The first-order valence-electron chi connectivity index (χ1n) is 10.5. The molecule has 0 aliphatic carbocycles. The number of carbonyl (C=O) groups excluding carboxylic acids is 1. The fraction of sp³-hybridized carbons (Fsp3) is 0.200. The Morgan fingerprint density at radius 1 is 1.21 bits per heavy atom. The smallest absolute Gasteiger partial charge is 0.431 e. The molecule has 8 nitrogen and oxygen atoms in total. The van der Waals surface area contributed by atoms with Gasteiger partial charge in [0.05, 0.1) is 35.4 Å². The molecule has 1 unspecified atom stereocenters. The fourth-order valence-electron chi connectivity index (χ4n) is 3.80. The zero-order valence-corrected chi connectivity index (χ0v) is 18.8. The van der Waals surface area contributed by atoms with Gasteiger partial charge in [0.15, 0.2) is 5.76 Å². The van der Waals surface area contributed by atoms with Crippen LogP contribution in [0.25, 0.3) is 22.0 Å². The number of halogens is 1. The van der Waals surface area contributed by atoms with Crippen molar-refractivity contribution in [3.63, 3.8) is 0 Å². The van der Waals surface area contributed by atoms with Gasteiger partial charge in [0.2, 0.25) is 0 Å². The molecule has 0 fully saturated rings. The molecule has 9 heteroatoms. The second-order valence-corrected chi connectivity index (χ2v) is 8.03. The molecule has 3 N–H and O–H groups in total. The Bertz CT molecular complexity index is 1370. The van der Waals surface area contributed by atoms with Gasteiger partial charge in [0.25, 0.3) is 0 Å². The van der Waals surface area contributed by atoms with Gasteiger partial charge in [-0.15, -0.1) is 0 Å². The first-order valence-corrected chi connectivity index (χ1v) is 10.5. The molecule has 3 aromatic rings. The summed E-state index contributed by atoms with van der Waals surface area (Å²) in [6.07, 6.45) is 3.51. The van der Waals surface area contributed by atoms with Crippen molar-refractivity contribution in [2.45, 2.75) is 32.8 Å². The van der Waals surface area contributed by atoms with Crippen molar-refractivity contribution in [2.24, 2.45) is 5.73 Å². The summed E-state index contributed by atoms with van der Waals surface area (Å²) in [6.45, 7) is 5.09. The first kappa shape index (κ1) is 22.7. The second-order valence-electron chi connectivity index (χ2n) is 8.03. The van der Waals surface area contributed by atoms with Crippen LogP contribution in [0.15, 0.2) is 71.8 Å². The van der Waals surface area contributed by atoms with Gasteiger partial charge in [-0.1, -0.05) is 12.1 Å². The molecule has 1 aromatic carbocycles. The number of aromatic nitrogens is 2. The van der Waals surface area contributed by atoms with Crippen LogP contribution in [0, 0.1) is 17.1 Å². The summed E-state index contributed by atoms with van der Waals surface area (Å²) >= 11 is 0. The maximum atomic E-state index is 13.4. The minimum absolute atomic E-state index is 0.0364. The van der Waals surface area contributed by atoms with Gasteiger partial charge in [-0.3, -0.25) is 9.97 Å². The van der Waals surface area contributed by atoms with Crippen LogP contribution in [-0.4, -0.2) is 22.2 Å². The van der Waals surface area contributed by atoms with E-state index in [1.165, 1.54) is 12.1 Å². The summed E-state index contributed by atoms with van der Waals surface area (Å²) < 4.78 is 24.0. The molecule has 0 saturated heterocycles. The van der Waals surface area contributed by atoms with Gasteiger partial charge < -0.3 is 20.5 Å². The molecule has 172 valence electrons. The number of hydrogen-bond acceptors (Lipinski definition) is 8. The number of pyridine rings is 2. The number of rotatable bonds is 4. The molecule has 0 amide bonds. The van der Waals surface area contributed by atoms with Crippen molar-refractivity contribution in [1.82, 2.24) is 15.3 Å². The molecule has 4 rings (SSSR count). The maximum Gasteiger partial charge on any atom is 0.513 e. The summed E-state index contributed by atoms with van der Waals surface area (Å²) in [6, 6.07) is 10.1. The lowest BCUT2D eigenvalue weighted by Gasteiger charge is -2.28. The van der Waals surface area contributed by atoms with Gasteiger partial charge in [-0.05, 0) is 50.1 Å². The predicted octanol–water partition coefficient (Wildman–Crippen LogP) is 4.61. The Morgan fingerprint density at radius 3 is 2.62 bits per heavy atom. The SMILES string of the molecule is CC1=C(C#N)C(c2cncc3ncc(-c4ccc(F)cc4)cc23)C(OC(=O)OC(C)C)=C(N)N1. The monoisotopic (exact) mass is 459 g/mol. The molecular formula is C25H22FN5O3. The topological polar surface area (TPSA) is 123 Å². The van der Waals surface area contributed by atoms with E-state index in [-0.39, 0.29) is 17.4 Å². The molecule has 2 aromatic heterocycles. The molecule has 1 atom stereocenters. The van der Waals surface area contributed by atoms with E-state index in [0.29, 0.717) is 27.7 Å². The van der Waals surface area contributed by atoms with E-state index in [0.717, 1.165) is 11.1 Å². The van der Waals surface area contributed by atoms with E-state index < -0.39 is 18.2 Å². The first-order chi connectivity index (χ1) is 16.3. The average molecular weight is 459 g/mol. The normalized spacial score (nSPS) is 15.8. The number of carbonyl (C=O) groups is 1. The number of nitriles is 1. The number of allylic oxidation sites excluding steroid dienone is 2. The third-order valence-electron chi connectivity index (χ3n) is 5.32. The number of nitrogens with zero attached hydrogens (tertiary/aromatic N) is 3. The summed E-state index contributed by atoms with van der Waals surface area (Å²) in [7, 11) is 0. The van der Waals surface area contributed by atoms with Crippen LogP contribution in [0.2, 0.25) is 0 Å². The molecule has 34 heavy (non-hydrogen) atoms. The fourth-order valence-corrected chi connectivity index (χ4v) is 3.80. The Labute approximate surface area is 195 Å². The van der Waals surface area contributed by atoms with Crippen molar-refractivity contribution in [2.75, 3.05) is 0 Å². The summed E-state index contributed by atoms with van der Waals surface area (Å²) in [5.74, 6) is -1.05. The van der Waals surface area contributed by atoms with E-state index in [1.54, 1.807) is 51.5 Å². The standard InChI is InChI=1S/C25H22FN5O3/c1-13(2)33-25(32)34-23-22(19(9-27)14(3)31-24(23)28)20-11-29-12-21-18(20)8-16(10-30-21)15-4-6-17(26)7-5-15/h4-8,10-13,22,31H,28H2,1-3H3. The predicted molar refractivity (Wildman–Crippen MR) is 123 cm³/mol. The van der Waals surface area contributed by atoms with Crippen molar-refractivity contribution in [1.29, 1.82) is 5.26 Å². The van der Waals surface area contributed by atoms with Crippen LogP contribution in [0.5, 0.6) is 0 Å². The molecule has 1 aliphatic rings. The molecule has 0 radical (unpaired) electrons. The highest BCUT2D eigenvalue weighted by Gasteiger charge is 2.35. The zero-order chi connectivity index (χ0) is 24.4. The van der Waals surface area contributed by atoms with Crippen LogP contribution in [0.3, 0.4) is 0 Å². The Hall–Kier alpha value is -4.45. The maximum absolute atomic E-state index is 13.4. The number of dihydropyridines is 1. The van der Waals surface area contributed by atoms with Crippen LogP contribution in [0.4, 0.5) is 9.18 Å². The van der Waals surface area contributed by atoms with Gasteiger partial charge in [-0.2, -0.15) is 5.26 Å². The molecule has 0 spiro atoms. The van der Waals surface area contributed by atoms with Crippen molar-refractivity contribution in [3.05, 3.63) is 83.2 Å². The highest BCUT2D eigenvalue weighted by atomic mass is 19.1. The highest BCUT2D eigenvalue weighted by Crippen LogP contribution is 2.40. The number of nitrogens with two attached hydrogens (primary N) is 1. The summed E-state index contributed by atoms with van der Waals surface area (Å²) in [5, 5.41) is 13.5. The molecule has 1 aliphatic heterocycles. The summed E-state index contributed by atoms with van der Waals surface area (Å²) in [5.41, 5.74) is 9.67. The van der Waals surface area contributed by atoms with E-state index in [1.807, 2.05) is 6.07 Å². The number of ether oxygens (including phenoxy) is 2. The molecular weight excluding hydrogens is 437 g/mol. The number of fused-ring (bicyclic) bond motifs is 1. The highest BCUT2D eigenvalue weighted by molar-refractivity contribution is 5.87. The molecule has 0 saturated carbocycles. The zero-order valence-electron chi connectivity index (χ0n) is 18.8. The van der Waals surface area contributed by atoms with Crippen molar-refractivity contribution < 1.29 is 18.7 Å². The van der Waals surface area contributed by atoms with Gasteiger partial charge in [0.1, 0.15) is 11.6 Å². The van der Waals surface area contributed by atoms with E-state index in [9.17, 15) is 14.4 Å². The minimum atomic E-state index is -0.935. The van der Waals surface area contributed by atoms with Crippen LogP contribution in [-0.2, 0) is 9.47 Å². The average Bonchev–Trinajstić information content (AvgIpc) is 2.80. The van der Waals surface area contributed by atoms with Gasteiger partial charge in [0, 0.05) is 29.0 Å². The van der Waals surface area contributed by atoms with Gasteiger partial charge in [-0.25, -0.2) is 9.18 Å². The second kappa shape index (κ2) is 9.19. The lowest BCUT2D eigenvalue weighted by Crippen LogP contribution is -2.32. The third-order valence-corrected chi connectivity index (χ3v) is 5.32.